The fraction of sp³-hybridized carbons (Fsp3) is 0.406. The number of benzene rings is 3. The lowest BCUT2D eigenvalue weighted by molar-refractivity contribution is -0.306. The lowest BCUT2D eigenvalue weighted by Crippen LogP contribution is -2.58. The summed E-state index contributed by atoms with van der Waals surface area (Å²) in [6, 6.07) is 25.6. The van der Waals surface area contributed by atoms with E-state index >= 15 is 0 Å². The maximum Gasteiger partial charge on any atom is 0.338 e. The van der Waals surface area contributed by atoms with Crippen LogP contribution in [0.3, 0.4) is 0 Å². The van der Waals surface area contributed by atoms with Gasteiger partial charge in [0.05, 0.1) is 18.3 Å². The minimum atomic E-state index is -0.513. The maximum absolute atomic E-state index is 13.2. The Labute approximate surface area is 229 Å². The van der Waals surface area contributed by atoms with Gasteiger partial charge in [0.25, 0.3) is 0 Å². The van der Waals surface area contributed by atoms with Crippen molar-refractivity contribution in [1.29, 1.82) is 0 Å². The highest BCUT2D eigenvalue weighted by atomic mass is 32.2. The van der Waals surface area contributed by atoms with E-state index in [4.69, 9.17) is 18.9 Å². The largest absolute Gasteiger partial charge is 0.455 e. The standard InChI is InChI=1S/C32H36O5S/c1-20-16-17-24(32(3,4)5)18-26(20)38-31-28(36-29(33)22-12-8-6-9-13-22)21(2)27-25(35-31)19-34-30(37-27)23-14-10-7-11-15-23/h6-18,21,25,27-28,30-31H,19H2,1-5H3/t21-,25?,27-,28?,30?,31-/m0/s1. The van der Waals surface area contributed by atoms with E-state index < -0.39 is 17.8 Å². The van der Waals surface area contributed by atoms with E-state index in [2.05, 4.69) is 52.8 Å². The lowest BCUT2D eigenvalue weighted by atomic mass is 9.87. The molecule has 0 aliphatic carbocycles. The lowest BCUT2D eigenvalue weighted by Gasteiger charge is -2.48. The van der Waals surface area contributed by atoms with Gasteiger partial charge in [-0.1, -0.05) is 100 Å². The SMILES string of the molecule is Cc1ccc(C(C)(C)C)cc1S[C@@H]1OC2COC(c3ccccc3)O[C@H]2[C@H](C)C1OC(=O)c1ccccc1. The summed E-state index contributed by atoms with van der Waals surface area (Å²) in [7, 11) is 0. The molecule has 2 aliphatic heterocycles. The highest BCUT2D eigenvalue weighted by Crippen LogP contribution is 2.43. The monoisotopic (exact) mass is 532 g/mol. The van der Waals surface area contributed by atoms with Crippen molar-refractivity contribution in [3.05, 3.63) is 101 Å². The van der Waals surface area contributed by atoms with Crippen LogP contribution < -0.4 is 0 Å². The smallest absolute Gasteiger partial charge is 0.338 e. The minimum Gasteiger partial charge on any atom is -0.455 e. The first-order valence-electron chi connectivity index (χ1n) is 13.2. The van der Waals surface area contributed by atoms with Crippen molar-refractivity contribution in [3.8, 4) is 0 Å². The van der Waals surface area contributed by atoms with Crippen molar-refractivity contribution in [3.63, 3.8) is 0 Å². The molecule has 6 atom stereocenters. The van der Waals surface area contributed by atoms with Crippen LogP contribution in [0.15, 0.2) is 83.8 Å². The highest BCUT2D eigenvalue weighted by molar-refractivity contribution is 7.99. The van der Waals surface area contributed by atoms with Gasteiger partial charge < -0.3 is 18.9 Å². The van der Waals surface area contributed by atoms with Gasteiger partial charge in [0.2, 0.25) is 0 Å². The van der Waals surface area contributed by atoms with Gasteiger partial charge in [0.15, 0.2) is 6.29 Å². The average Bonchev–Trinajstić information content (AvgIpc) is 2.92. The van der Waals surface area contributed by atoms with Gasteiger partial charge in [-0.2, -0.15) is 0 Å². The summed E-state index contributed by atoms with van der Waals surface area (Å²) in [5.74, 6) is -0.470. The first-order valence-corrected chi connectivity index (χ1v) is 14.1. The molecule has 6 heteroatoms. The molecule has 0 spiro atoms. The van der Waals surface area contributed by atoms with Crippen LogP contribution in [-0.4, -0.2) is 36.3 Å². The van der Waals surface area contributed by atoms with Crippen LogP contribution in [0.25, 0.3) is 0 Å². The second-order valence-electron chi connectivity index (χ2n) is 11.2. The number of hydrogen-bond donors (Lipinski definition) is 0. The second kappa shape index (κ2) is 11.2. The number of thioether (sulfide) groups is 1. The molecule has 0 amide bonds. The van der Waals surface area contributed by atoms with Crippen LogP contribution in [0.4, 0.5) is 0 Å². The van der Waals surface area contributed by atoms with E-state index in [0.29, 0.717) is 12.2 Å². The molecule has 0 radical (unpaired) electrons. The Morgan fingerprint density at radius 2 is 1.63 bits per heavy atom. The van der Waals surface area contributed by atoms with E-state index in [-0.39, 0.29) is 29.5 Å². The number of fused-ring (bicyclic) bond motifs is 1. The molecular formula is C32H36O5S. The van der Waals surface area contributed by atoms with Gasteiger partial charge in [-0.25, -0.2) is 4.79 Å². The fourth-order valence-electron chi connectivity index (χ4n) is 4.94. The predicted octanol–water partition coefficient (Wildman–Crippen LogP) is 7.09. The van der Waals surface area contributed by atoms with Crippen molar-refractivity contribution in [2.24, 2.45) is 5.92 Å². The Kier molecular flexibility index (Phi) is 7.96. The molecule has 2 heterocycles. The second-order valence-corrected chi connectivity index (χ2v) is 12.3. The number of esters is 1. The van der Waals surface area contributed by atoms with Gasteiger partial charge in [-0.15, -0.1) is 0 Å². The number of carbonyl (C=O) groups excluding carboxylic acids is 1. The molecule has 200 valence electrons. The number of rotatable bonds is 5. The number of ether oxygens (including phenoxy) is 4. The molecule has 38 heavy (non-hydrogen) atoms. The molecule has 5 rings (SSSR count). The van der Waals surface area contributed by atoms with Crippen molar-refractivity contribution >= 4 is 17.7 Å². The van der Waals surface area contributed by atoms with E-state index in [1.54, 1.807) is 23.9 Å². The third kappa shape index (κ3) is 5.84. The topological polar surface area (TPSA) is 54.0 Å². The van der Waals surface area contributed by atoms with E-state index in [1.807, 2.05) is 48.5 Å². The molecule has 0 saturated carbocycles. The number of carbonyl (C=O) groups is 1. The molecular weight excluding hydrogens is 496 g/mol. The Morgan fingerprint density at radius 3 is 2.32 bits per heavy atom. The molecule has 2 aliphatic rings. The third-order valence-corrected chi connectivity index (χ3v) is 8.60. The Morgan fingerprint density at radius 1 is 0.947 bits per heavy atom. The van der Waals surface area contributed by atoms with Crippen molar-refractivity contribution < 1.29 is 23.7 Å². The van der Waals surface area contributed by atoms with Gasteiger partial charge in [-0.05, 0) is 41.7 Å². The highest BCUT2D eigenvalue weighted by Gasteiger charge is 2.50. The van der Waals surface area contributed by atoms with Crippen LogP contribution in [0.5, 0.6) is 0 Å². The predicted molar refractivity (Wildman–Crippen MR) is 149 cm³/mol. The molecule has 2 saturated heterocycles. The van der Waals surface area contributed by atoms with Crippen molar-refractivity contribution in [2.45, 2.75) is 75.0 Å². The van der Waals surface area contributed by atoms with Crippen LogP contribution >= 0.6 is 11.8 Å². The minimum absolute atomic E-state index is 0.0193. The van der Waals surface area contributed by atoms with Gasteiger partial charge in [-0.3, -0.25) is 0 Å². The first kappa shape index (κ1) is 26.9. The summed E-state index contributed by atoms with van der Waals surface area (Å²) in [6.07, 6.45) is -1.54. The number of aryl methyl sites for hydroxylation is 1. The molecule has 5 nitrogen and oxygen atoms in total. The Balaban J connectivity index is 1.43. The van der Waals surface area contributed by atoms with E-state index in [0.717, 1.165) is 16.0 Å². The van der Waals surface area contributed by atoms with E-state index in [9.17, 15) is 4.79 Å². The normalized spacial score (nSPS) is 27.4. The molecule has 0 bridgehead atoms. The first-order chi connectivity index (χ1) is 18.2. The summed E-state index contributed by atoms with van der Waals surface area (Å²) in [6.45, 7) is 11.2. The maximum atomic E-state index is 13.2. The van der Waals surface area contributed by atoms with Gasteiger partial charge in [0.1, 0.15) is 17.6 Å². The zero-order valence-corrected chi connectivity index (χ0v) is 23.4. The zero-order chi connectivity index (χ0) is 26.9. The average molecular weight is 533 g/mol. The zero-order valence-electron chi connectivity index (χ0n) is 22.6. The molecule has 2 fully saturated rings. The van der Waals surface area contributed by atoms with Crippen molar-refractivity contribution in [1.82, 2.24) is 0 Å². The summed E-state index contributed by atoms with van der Waals surface area (Å²) < 4.78 is 25.3. The van der Waals surface area contributed by atoms with Crippen LogP contribution in [0, 0.1) is 12.8 Å². The summed E-state index contributed by atoms with van der Waals surface area (Å²) >= 11 is 1.61. The molecule has 0 aromatic heterocycles. The molecule has 3 aromatic rings. The summed E-state index contributed by atoms with van der Waals surface area (Å²) in [4.78, 5) is 14.3. The number of hydrogen-bond acceptors (Lipinski definition) is 6. The molecule has 3 unspecified atom stereocenters. The van der Waals surface area contributed by atoms with Gasteiger partial charge >= 0.3 is 5.97 Å². The van der Waals surface area contributed by atoms with Gasteiger partial charge in [0, 0.05) is 16.4 Å². The Hall–Kier alpha value is -2.64. The quantitative estimate of drug-likeness (QED) is 0.327. The molecule has 3 aromatic carbocycles. The van der Waals surface area contributed by atoms with Crippen molar-refractivity contribution in [2.75, 3.05) is 6.61 Å². The fourth-order valence-corrected chi connectivity index (χ4v) is 6.27. The third-order valence-electron chi connectivity index (χ3n) is 7.29. The molecule has 0 N–H and O–H groups in total. The van der Waals surface area contributed by atoms with E-state index in [1.165, 1.54) is 5.56 Å². The van der Waals surface area contributed by atoms with Crippen LogP contribution in [0.2, 0.25) is 0 Å². The van der Waals surface area contributed by atoms with Crippen LogP contribution in [0.1, 0.15) is 61.0 Å². The summed E-state index contributed by atoms with van der Waals surface area (Å²) in [5, 5.41) is 0. The summed E-state index contributed by atoms with van der Waals surface area (Å²) in [5.41, 5.74) is 3.50. The Bertz CT molecular complexity index is 1240. The van der Waals surface area contributed by atoms with Crippen LogP contribution in [-0.2, 0) is 24.4 Å².